The van der Waals surface area contributed by atoms with Crippen LogP contribution in [-0.4, -0.2) is 40.4 Å². The van der Waals surface area contributed by atoms with Crippen molar-refractivity contribution in [2.45, 2.75) is 6.42 Å². The third-order valence-electron chi connectivity index (χ3n) is 5.16. The van der Waals surface area contributed by atoms with E-state index in [2.05, 4.69) is 31.7 Å². The molecule has 4 aromatic rings. The van der Waals surface area contributed by atoms with E-state index in [9.17, 15) is 4.79 Å². The molecule has 0 radical (unpaired) electrons. The van der Waals surface area contributed by atoms with Gasteiger partial charge in [0.05, 0.1) is 16.4 Å². The Hall–Kier alpha value is -3.30. The second kappa shape index (κ2) is 9.29. The van der Waals surface area contributed by atoms with Crippen LogP contribution < -0.4 is 20.1 Å². The Morgan fingerprint density at radius 3 is 2.85 bits per heavy atom. The van der Waals surface area contributed by atoms with Crippen molar-refractivity contribution < 1.29 is 14.3 Å². The Labute approximate surface area is 203 Å². The van der Waals surface area contributed by atoms with Crippen molar-refractivity contribution in [2.24, 2.45) is 0 Å². The van der Waals surface area contributed by atoms with Crippen molar-refractivity contribution in [2.75, 3.05) is 25.2 Å². The van der Waals surface area contributed by atoms with Gasteiger partial charge < -0.3 is 20.1 Å². The lowest BCUT2D eigenvalue weighted by Gasteiger charge is -2.12. The van der Waals surface area contributed by atoms with Gasteiger partial charge in [0.25, 0.3) is 5.91 Å². The molecular weight excluding hydrogens is 510 g/mol. The fraction of sp³-hybridized carbons (Fsp3) is 0.174. The molecule has 1 aliphatic rings. The summed E-state index contributed by atoms with van der Waals surface area (Å²) in [5.41, 5.74) is 2.81. The van der Waals surface area contributed by atoms with E-state index in [0.717, 1.165) is 21.5 Å². The number of benzene rings is 2. The van der Waals surface area contributed by atoms with Crippen molar-refractivity contribution in [3.05, 3.63) is 69.8 Å². The number of hydrogen-bond donors (Lipinski definition) is 2. The lowest BCUT2D eigenvalue weighted by molar-refractivity contribution is 0.0953. The Morgan fingerprint density at radius 2 is 1.97 bits per heavy atom. The van der Waals surface area contributed by atoms with Crippen molar-refractivity contribution in [1.82, 2.24) is 19.9 Å². The number of fused-ring (bicyclic) bond motifs is 2. The van der Waals surface area contributed by atoms with Crippen LogP contribution >= 0.6 is 27.5 Å². The predicted octanol–water partition coefficient (Wildman–Crippen LogP) is 4.77. The van der Waals surface area contributed by atoms with Crippen LogP contribution in [0.3, 0.4) is 0 Å². The van der Waals surface area contributed by atoms with Crippen LogP contribution in [0.25, 0.3) is 16.9 Å². The number of nitrogens with zero attached hydrogens (tertiary/aromatic N) is 3. The summed E-state index contributed by atoms with van der Waals surface area (Å²) in [6.45, 7) is 1.31. The molecule has 0 bridgehead atoms. The van der Waals surface area contributed by atoms with Crippen LogP contribution in [0.4, 0.5) is 5.82 Å². The number of ether oxygens (including phenoxy) is 2. The van der Waals surface area contributed by atoms with Gasteiger partial charge in [0.2, 0.25) is 6.79 Å². The van der Waals surface area contributed by atoms with Crippen LogP contribution in [0.5, 0.6) is 11.5 Å². The molecule has 0 atom stereocenters. The predicted molar refractivity (Wildman–Crippen MR) is 129 cm³/mol. The third-order valence-corrected chi connectivity index (χ3v) is 6.05. The van der Waals surface area contributed by atoms with Gasteiger partial charge in [0, 0.05) is 35.3 Å². The van der Waals surface area contributed by atoms with Crippen molar-refractivity contribution in [1.29, 1.82) is 0 Å². The summed E-state index contributed by atoms with van der Waals surface area (Å²) in [4.78, 5) is 17.1. The summed E-state index contributed by atoms with van der Waals surface area (Å²) < 4.78 is 13.1. The average Bonchev–Trinajstić information content (AvgIpc) is 3.45. The number of anilines is 1. The molecule has 0 aliphatic carbocycles. The highest BCUT2D eigenvalue weighted by atomic mass is 79.9. The summed E-state index contributed by atoms with van der Waals surface area (Å²) in [7, 11) is 0. The molecule has 33 heavy (non-hydrogen) atoms. The van der Waals surface area contributed by atoms with E-state index in [1.807, 2.05) is 30.3 Å². The second-order valence-corrected chi connectivity index (χ2v) is 8.60. The number of amides is 1. The molecule has 168 valence electrons. The molecule has 2 aromatic heterocycles. The quantitative estimate of drug-likeness (QED) is 0.336. The average molecular weight is 529 g/mol. The largest absolute Gasteiger partial charge is 0.454 e. The summed E-state index contributed by atoms with van der Waals surface area (Å²) in [6, 6.07) is 14.6. The zero-order valence-electron chi connectivity index (χ0n) is 17.3. The van der Waals surface area contributed by atoms with Gasteiger partial charge in [-0.2, -0.15) is 9.61 Å². The van der Waals surface area contributed by atoms with Crippen LogP contribution in [0.1, 0.15) is 16.8 Å². The molecule has 0 unspecified atom stereocenters. The molecule has 2 aromatic carbocycles. The zero-order valence-corrected chi connectivity index (χ0v) is 19.7. The first-order chi connectivity index (χ1) is 16.1. The van der Waals surface area contributed by atoms with Crippen molar-refractivity contribution >= 4 is 44.9 Å². The Kier molecular flexibility index (Phi) is 6.06. The van der Waals surface area contributed by atoms with Gasteiger partial charge in [-0.15, -0.1) is 0 Å². The summed E-state index contributed by atoms with van der Waals surface area (Å²) in [5, 5.41) is 11.3. The van der Waals surface area contributed by atoms with E-state index in [1.54, 1.807) is 28.9 Å². The minimum atomic E-state index is -0.156. The molecule has 0 saturated heterocycles. The monoisotopic (exact) mass is 527 g/mol. The molecule has 8 nitrogen and oxygen atoms in total. The Bertz CT molecular complexity index is 1340. The van der Waals surface area contributed by atoms with Gasteiger partial charge in [-0.1, -0.05) is 29.8 Å². The number of carbonyl (C=O) groups is 1. The Balaban J connectivity index is 1.23. The number of carbonyl (C=O) groups excluding carboxylic acids is 1. The van der Waals surface area contributed by atoms with Crippen LogP contribution in [0.15, 0.2) is 59.2 Å². The van der Waals surface area contributed by atoms with Crippen molar-refractivity contribution in [3.63, 3.8) is 0 Å². The number of nitrogens with one attached hydrogen (secondary N) is 2. The molecule has 1 aliphatic heterocycles. The van der Waals surface area contributed by atoms with Gasteiger partial charge >= 0.3 is 0 Å². The Morgan fingerprint density at radius 1 is 1.12 bits per heavy atom. The van der Waals surface area contributed by atoms with E-state index < -0.39 is 0 Å². The first-order valence-corrected chi connectivity index (χ1v) is 11.5. The molecule has 0 spiro atoms. The standard InChI is InChI=1S/C23H19BrClN5O3/c24-16-12-28-30-21(11-18(29-22(16)30)15-4-1-2-5-17(15)25)26-8-3-9-27-23(31)14-6-7-19-20(10-14)33-13-32-19/h1-2,4-7,10-12,26H,3,8-9,13H2,(H,27,31). The van der Waals surface area contributed by atoms with E-state index in [4.69, 9.17) is 26.1 Å². The van der Waals surface area contributed by atoms with Crippen molar-refractivity contribution in [3.8, 4) is 22.8 Å². The number of rotatable bonds is 7. The number of halogens is 2. The molecule has 5 rings (SSSR count). The first kappa shape index (κ1) is 21.5. The molecule has 0 saturated carbocycles. The second-order valence-electron chi connectivity index (χ2n) is 7.34. The van der Waals surface area contributed by atoms with Gasteiger partial charge in [-0.05, 0) is 46.6 Å². The zero-order chi connectivity index (χ0) is 22.8. The molecule has 3 heterocycles. The van der Waals surface area contributed by atoms with Crippen LogP contribution in [0.2, 0.25) is 5.02 Å². The minimum absolute atomic E-state index is 0.156. The highest BCUT2D eigenvalue weighted by Gasteiger charge is 2.16. The van der Waals surface area contributed by atoms with E-state index in [0.29, 0.717) is 47.2 Å². The fourth-order valence-electron chi connectivity index (χ4n) is 3.52. The topological polar surface area (TPSA) is 89.8 Å². The fourth-order valence-corrected chi connectivity index (χ4v) is 4.10. The maximum atomic E-state index is 12.4. The van der Waals surface area contributed by atoms with Gasteiger partial charge in [-0.25, -0.2) is 4.98 Å². The lowest BCUT2D eigenvalue weighted by atomic mass is 10.1. The maximum Gasteiger partial charge on any atom is 0.251 e. The molecule has 0 fully saturated rings. The van der Waals surface area contributed by atoms with Crippen LogP contribution in [-0.2, 0) is 0 Å². The van der Waals surface area contributed by atoms with E-state index in [1.165, 1.54) is 0 Å². The highest BCUT2D eigenvalue weighted by Crippen LogP contribution is 2.32. The SMILES string of the molecule is O=C(NCCCNc1cc(-c2ccccc2Cl)nc2c(Br)cnn12)c1ccc2c(c1)OCO2. The minimum Gasteiger partial charge on any atom is -0.454 e. The number of hydrogen-bond acceptors (Lipinski definition) is 6. The highest BCUT2D eigenvalue weighted by molar-refractivity contribution is 9.10. The van der Waals surface area contributed by atoms with Gasteiger partial charge in [0.1, 0.15) is 5.82 Å². The molecular formula is C23H19BrClN5O3. The molecule has 10 heteroatoms. The maximum absolute atomic E-state index is 12.4. The van der Waals surface area contributed by atoms with Gasteiger partial charge in [0.15, 0.2) is 17.1 Å². The van der Waals surface area contributed by atoms with Crippen LogP contribution in [0, 0.1) is 0 Å². The van der Waals surface area contributed by atoms with Gasteiger partial charge in [-0.3, -0.25) is 4.79 Å². The smallest absolute Gasteiger partial charge is 0.251 e. The van der Waals surface area contributed by atoms with E-state index >= 15 is 0 Å². The lowest BCUT2D eigenvalue weighted by Crippen LogP contribution is -2.26. The molecule has 1 amide bonds. The summed E-state index contributed by atoms with van der Waals surface area (Å²) in [5.74, 6) is 1.87. The molecule has 2 N–H and O–H groups in total. The summed E-state index contributed by atoms with van der Waals surface area (Å²) >= 11 is 9.89. The normalized spacial score (nSPS) is 12.2. The number of aromatic nitrogens is 3. The third kappa shape index (κ3) is 4.46. The first-order valence-electron chi connectivity index (χ1n) is 10.3. The van der Waals surface area contributed by atoms with E-state index in [-0.39, 0.29) is 12.7 Å². The summed E-state index contributed by atoms with van der Waals surface area (Å²) in [6.07, 6.45) is 2.42.